The monoisotopic (exact) mass is 142 g/mol. The van der Waals surface area contributed by atoms with E-state index in [-0.39, 0.29) is 12.2 Å². The fraction of sp³-hybridized carbons (Fsp3) is 0.571. The minimum absolute atomic E-state index is 0.0402. The molecule has 0 heterocycles. The molecule has 0 aromatic heterocycles. The number of aliphatic hydroxyl groups excluding tert-OH is 2. The van der Waals surface area contributed by atoms with Gasteiger partial charge in [-0.1, -0.05) is 0 Å². The Hall–Kier alpha value is -0.670. The van der Waals surface area contributed by atoms with Gasteiger partial charge in [-0.05, 0) is 18.6 Å². The van der Waals surface area contributed by atoms with E-state index in [2.05, 4.69) is 0 Å². The molecule has 2 N–H and O–H groups in total. The Bertz CT molecular complexity index is 183. The third-order valence-corrected chi connectivity index (χ3v) is 1.63. The Labute approximate surface area is 59.0 Å². The number of carbonyl (C=O) groups excluding carboxylic acids is 1. The summed E-state index contributed by atoms with van der Waals surface area (Å²) in [6.45, 7) is 1.63. The van der Waals surface area contributed by atoms with Crippen molar-refractivity contribution in [2.24, 2.45) is 0 Å². The second-order valence-electron chi connectivity index (χ2n) is 2.57. The SMILES string of the molecule is CC1=CC(=O)C[C@@H](O)[C@@H]1O. The molecule has 3 heteroatoms. The van der Waals surface area contributed by atoms with Gasteiger partial charge in [0.25, 0.3) is 0 Å². The van der Waals surface area contributed by atoms with E-state index in [0.29, 0.717) is 5.57 Å². The van der Waals surface area contributed by atoms with Crippen LogP contribution in [-0.4, -0.2) is 28.2 Å². The summed E-state index contributed by atoms with van der Waals surface area (Å²) >= 11 is 0. The average Bonchev–Trinajstić information content (AvgIpc) is 1.82. The Kier molecular flexibility index (Phi) is 1.87. The van der Waals surface area contributed by atoms with Gasteiger partial charge in [0, 0.05) is 6.42 Å². The van der Waals surface area contributed by atoms with Crippen LogP contribution in [-0.2, 0) is 4.79 Å². The summed E-state index contributed by atoms with van der Waals surface area (Å²) in [6, 6.07) is 0. The van der Waals surface area contributed by atoms with Gasteiger partial charge in [0.1, 0.15) is 6.10 Å². The summed E-state index contributed by atoms with van der Waals surface area (Å²) in [7, 11) is 0. The molecule has 1 aliphatic carbocycles. The molecule has 0 amide bonds. The summed E-state index contributed by atoms with van der Waals surface area (Å²) < 4.78 is 0. The lowest BCUT2D eigenvalue weighted by atomic mass is 9.94. The van der Waals surface area contributed by atoms with Gasteiger partial charge in [-0.2, -0.15) is 0 Å². The Morgan fingerprint density at radius 2 is 2.20 bits per heavy atom. The molecule has 0 aliphatic heterocycles. The smallest absolute Gasteiger partial charge is 0.158 e. The maximum atomic E-state index is 10.7. The molecule has 0 fully saturated rings. The molecule has 0 aromatic carbocycles. The molecule has 0 saturated heterocycles. The molecule has 10 heavy (non-hydrogen) atoms. The Morgan fingerprint density at radius 1 is 1.60 bits per heavy atom. The van der Waals surface area contributed by atoms with Crippen LogP contribution in [0.2, 0.25) is 0 Å². The summed E-state index contributed by atoms with van der Waals surface area (Å²) in [5.74, 6) is -0.115. The first kappa shape index (κ1) is 7.44. The molecule has 0 aromatic rings. The zero-order valence-corrected chi connectivity index (χ0v) is 5.74. The molecule has 1 rings (SSSR count). The maximum Gasteiger partial charge on any atom is 0.158 e. The molecule has 0 unspecified atom stereocenters. The highest BCUT2D eigenvalue weighted by Gasteiger charge is 2.24. The second-order valence-corrected chi connectivity index (χ2v) is 2.57. The maximum absolute atomic E-state index is 10.7. The van der Waals surface area contributed by atoms with E-state index in [1.165, 1.54) is 6.08 Å². The van der Waals surface area contributed by atoms with Gasteiger partial charge < -0.3 is 10.2 Å². The number of hydrogen-bond donors (Lipinski definition) is 2. The summed E-state index contributed by atoms with van der Waals surface area (Å²) in [5.41, 5.74) is 0.545. The van der Waals surface area contributed by atoms with Crippen LogP contribution in [0.25, 0.3) is 0 Å². The molecule has 0 bridgehead atoms. The fourth-order valence-electron chi connectivity index (χ4n) is 1.02. The van der Waals surface area contributed by atoms with Crippen molar-refractivity contribution in [3.63, 3.8) is 0 Å². The van der Waals surface area contributed by atoms with Crippen molar-refractivity contribution < 1.29 is 15.0 Å². The van der Waals surface area contributed by atoms with E-state index in [0.717, 1.165) is 0 Å². The van der Waals surface area contributed by atoms with Gasteiger partial charge in [0.15, 0.2) is 5.78 Å². The van der Waals surface area contributed by atoms with Crippen molar-refractivity contribution >= 4 is 5.78 Å². The molecule has 0 spiro atoms. The van der Waals surface area contributed by atoms with Crippen molar-refractivity contribution in [1.82, 2.24) is 0 Å². The van der Waals surface area contributed by atoms with Gasteiger partial charge >= 0.3 is 0 Å². The highest BCUT2D eigenvalue weighted by atomic mass is 16.3. The molecule has 2 atom stereocenters. The first-order valence-corrected chi connectivity index (χ1v) is 3.18. The minimum Gasteiger partial charge on any atom is -0.390 e. The van der Waals surface area contributed by atoms with E-state index in [1.807, 2.05) is 0 Å². The third-order valence-electron chi connectivity index (χ3n) is 1.63. The summed E-state index contributed by atoms with van der Waals surface area (Å²) in [6.07, 6.45) is -0.342. The van der Waals surface area contributed by atoms with Gasteiger partial charge in [-0.15, -0.1) is 0 Å². The van der Waals surface area contributed by atoms with E-state index in [9.17, 15) is 4.79 Å². The van der Waals surface area contributed by atoms with Crippen LogP contribution in [0.3, 0.4) is 0 Å². The number of aliphatic hydroxyl groups is 2. The largest absolute Gasteiger partial charge is 0.390 e. The number of hydrogen-bond acceptors (Lipinski definition) is 3. The quantitative estimate of drug-likeness (QED) is 0.485. The number of allylic oxidation sites excluding steroid dienone is 1. The number of rotatable bonds is 0. The van der Waals surface area contributed by atoms with Crippen LogP contribution in [0.5, 0.6) is 0 Å². The van der Waals surface area contributed by atoms with Crippen LogP contribution in [0, 0.1) is 0 Å². The normalized spacial score (nSPS) is 33.9. The molecule has 56 valence electrons. The fourth-order valence-corrected chi connectivity index (χ4v) is 1.02. The predicted octanol–water partition coefficient (Wildman–Crippen LogP) is -0.373. The van der Waals surface area contributed by atoms with Crippen LogP contribution in [0.1, 0.15) is 13.3 Å². The lowest BCUT2D eigenvalue weighted by Gasteiger charge is -2.21. The lowest BCUT2D eigenvalue weighted by molar-refractivity contribution is -0.119. The number of ketones is 1. The summed E-state index contributed by atoms with van der Waals surface area (Å²) in [5, 5.41) is 18.1. The first-order valence-electron chi connectivity index (χ1n) is 3.18. The molecular formula is C7H10O3. The van der Waals surface area contributed by atoms with Crippen LogP contribution in [0.4, 0.5) is 0 Å². The third kappa shape index (κ3) is 1.25. The molecule has 3 nitrogen and oxygen atoms in total. The van der Waals surface area contributed by atoms with Crippen molar-refractivity contribution in [1.29, 1.82) is 0 Å². The van der Waals surface area contributed by atoms with Crippen molar-refractivity contribution in [2.45, 2.75) is 25.6 Å². The van der Waals surface area contributed by atoms with Crippen molar-refractivity contribution in [2.75, 3.05) is 0 Å². The Morgan fingerprint density at radius 3 is 2.70 bits per heavy atom. The topological polar surface area (TPSA) is 57.5 Å². The lowest BCUT2D eigenvalue weighted by Crippen LogP contribution is -2.32. The van der Waals surface area contributed by atoms with E-state index >= 15 is 0 Å². The van der Waals surface area contributed by atoms with Crippen LogP contribution in [0.15, 0.2) is 11.6 Å². The van der Waals surface area contributed by atoms with Gasteiger partial charge in [0.05, 0.1) is 6.10 Å². The van der Waals surface area contributed by atoms with Gasteiger partial charge in [-0.25, -0.2) is 0 Å². The first-order chi connectivity index (χ1) is 4.61. The number of carbonyl (C=O) groups is 1. The van der Waals surface area contributed by atoms with Crippen LogP contribution >= 0.6 is 0 Å². The highest BCUT2D eigenvalue weighted by Crippen LogP contribution is 2.15. The highest BCUT2D eigenvalue weighted by molar-refractivity contribution is 5.91. The Balaban J connectivity index is 2.80. The molecular weight excluding hydrogens is 132 g/mol. The predicted molar refractivity (Wildman–Crippen MR) is 35.4 cm³/mol. The van der Waals surface area contributed by atoms with Crippen LogP contribution < -0.4 is 0 Å². The van der Waals surface area contributed by atoms with Crippen molar-refractivity contribution in [3.8, 4) is 0 Å². The van der Waals surface area contributed by atoms with E-state index in [4.69, 9.17) is 10.2 Å². The van der Waals surface area contributed by atoms with E-state index in [1.54, 1.807) is 6.92 Å². The van der Waals surface area contributed by atoms with Crippen molar-refractivity contribution in [3.05, 3.63) is 11.6 Å². The summed E-state index contributed by atoms with van der Waals surface area (Å²) in [4.78, 5) is 10.7. The zero-order chi connectivity index (χ0) is 7.72. The molecule has 0 saturated carbocycles. The molecule has 1 aliphatic rings. The van der Waals surface area contributed by atoms with Gasteiger partial charge in [0.2, 0.25) is 0 Å². The van der Waals surface area contributed by atoms with E-state index < -0.39 is 12.2 Å². The zero-order valence-electron chi connectivity index (χ0n) is 5.74. The minimum atomic E-state index is -0.905. The second kappa shape index (κ2) is 2.52. The average molecular weight is 142 g/mol. The molecule has 0 radical (unpaired) electrons. The standard InChI is InChI=1S/C7H10O3/c1-4-2-5(8)3-6(9)7(4)10/h2,6-7,9-10H,3H2,1H3/t6-,7-/m1/s1. The van der Waals surface area contributed by atoms with Gasteiger partial charge in [-0.3, -0.25) is 4.79 Å².